The lowest BCUT2D eigenvalue weighted by atomic mass is 9.96. The highest BCUT2D eigenvalue weighted by Gasteiger charge is 2.24. The number of likely N-dealkylation sites (tertiary alicyclic amines) is 1. The number of H-pyrrole nitrogens is 1. The first kappa shape index (κ1) is 16.0. The number of rotatable bonds is 2. The Morgan fingerprint density at radius 1 is 1.12 bits per heavy atom. The molecule has 1 saturated heterocycles. The molecule has 0 atom stereocenters. The number of para-hydroxylation sites is 2. The predicted molar refractivity (Wildman–Crippen MR) is 102 cm³/mol. The molecular formula is C19H19FN4S. The molecule has 3 aromatic rings. The third kappa shape index (κ3) is 3.49. The molecule has 0 amide bonds. The van der Waals surface area contributed by atoms with Crippen LogP contribution in [0.3, 0.4) is 0 Å². The predicted octanol–water partition coefficient (Wildman–Crippen LogP) is 4.28. The molecule has 1 aromatic heterocycles. The van der Waals surface area contributed by atoms with Crippen molar-refractivity contribution < 1.29 is 4.39 Å². The molecule has 1 aliphatic rings. The quantitative estimate of drug-likeness (QED) is 0.674. The summed E-state index contributed by atoms with van der Waals surface area (Å²) in [5.41, 5.74) is 2.92. The average molecular weight is 354 g/mol. The zero-order chi connectivity index (χ0) is 17.2. The maximum Gasteiger partial charge on any atom is 0.173 e. The molecule has 0 unspecified atom stereocenters. The maximum absolute atomic E-state index is 13.0. The molecule has 2 heterocycles. The van der Waals surface area contributed by atoms with Crippen LogP contribution in [0, 0.1) is 5.82 Å². The fourth-order valence-electron chi connectivity index (χ4n) is 3.26. The summed E-state index contributed by atoms with van der Waals surface area (Å²) in [5, 5.41) is 3.87. The lowest BCUT2D eigenvalue weighted by molar-refractivity contribution is 0.311. The first-order chi connectivity index (χ1) is 12.2. The summed E-state index contributed by atoms with van der Waals surface area (Å²) >= 11 is 5.49. The van der Waals surface area contributed by atoms with Crippen molar-refractivity contribution in [2.45, 2.75) is 18.8 Å². The topological polar surface area (TPSA) is 44.0 Å². The number of benzene rings is 2. The molecule has 2 aromatic carbocycles. The lowest BCUT2D eigenvalue weighted by Gasteiger charge is -2.33. The van der Waals surface area contributed by atoms with Gasteiger partial charge in [0.2, 0.25) is 0 Å². The van der Waals surface area contributed by atoms with Crippen molar-refractivity contribution in [3.8, 4) is 0 Å². The maximum atomic E-state index is 13.0. The zero-order valence-corrected chi connectivity index (χ0v) is 14.5. The molecule has 1 fully saturated rings. The molecule has 2 N–H and O–H groups in total. The van der Waals surface area contributed by atoms with Crippen molar-refractivity contribution >= 4 is 34.1 Å². The van der Waals surface area contributed by atoms with E-state index < -0.39 is 0 Å². The number of nitrogens with zero attached hydrogens (tertiary/aromatic N) is 2. The second kappa shape index (κ2) is 6.80. The van der Waals surface area contributed by atoms with Crippen LogP contribution in [0.25, 0.3) is 11.0 Å². The van der Waals surface area contributed by atoms with Gasteiger partial charge in [-0.15, -0.1) is 0 Å². The van der Waals surface area contributed by atoms with Gasteiger partial charge in [0.1, 0.15) is 11.6 Å². The van der Waals surface area contributed by atoms with E-state index in [4.69, 9.17) is 17.2 Å². The van der Waals surface area contributed by atoms with Gasteiger partial charge >= 0.3 is 0 Å². The SMILES string of the molecule is Fc1ccc(NC(=S)N2CCC(c3nc4ccccc4[nH]3)CC2)cc1. The fraction of sp³-hybridized carbons (Fsp3) is 0.263. The average Bonchev–Trinajstić information content (AvgIpc) is 3.08. The number of hydrogen-bond acceptors (Lipinski definition) is 2. The Morgan fingerprint density at radius 3 is 2.56 bits per heavy atom. The molecule has 4 rings (SSSR count). The molecule has 0 saturated carbocycles. The van der Waals surface area contributed by atoms with Crippen molar-refractivity contribution in [2.24, 2.45) is 0 Å². The van der Waals surface area contributed by atoms with Crippen LogP contribution in [-0.2, 0) is 0 Å². The summed E-state index contributed by atoms with van der Waals surface area (Å²) in [6, 6.07) is 14.4. The highest BCUT2D eigenvalue weighted by Crippen LogP contribution is 2.28. The lowest BCUT2D eigenvalue weighted by Crippen LogP contribution is -2.40. The van der Waals surface area contributed by atoms with Crippen LogP contribution in [-0.4, -0.2) is 33.1 Å². The Hall–Kier alpha value is -2.47. The van der Waals surface area contributed by atoms with Gasteiger partial charge in [-0.3, -0.25) is 0 Å². The van der Waals surface area contributed by atoms with Crippen LogP contribution in [0.4, 0.5) is 10.1 Å². The first-order valence-corrected chi connectivity index (χ1v) is 8.86. The normalized spacial score (nSPS) is 15.5. The second-order valence-electron chi connectivity index (χ2n) is 6.34. The Morgan fingerprint density at radius 2 is 1.84 bits per heavy atom. The molecule has 6 heteroatoms. The van der Waals surface area contributed by atoms with Crippen molar-refractivity contribution in [3.05, 3.63) is 60.2 Å². The molecule has 0 aliphatic carbocycles. The van der Waals surface area contributed by atoms with Crippen LogP contribution in [0.1, 0.15) is 24.6 Å². The fourth-order valence-corrected chi connectivity index (χ4v) is 3.56. The first-order valence-electron chi connectivity index (χ1n) is 8.45. The monoisotopic (exact) mass is 354 g/mol. The number of imidazole rings is 1. The minimum absolute atomic E-state index is 0.247. The largest absolute Gasteiger partial charge is 0.349 e. The van der Waals surface area contributed by atoms with Crippen molar-refractivity contribution in [2.75, 3.05) is 18.4 Å². The van der Waals surface area contributed by atoms with E-state index in [1.165, 1.54) is 12.1 Å². The van der Waals surface area contributed by atoms with Crippen LogP contribution >= 0.6 is 12.2 Å². The Labute approximate surface area is 151 Å². The van der Waals surface area contributed by atoms with Gasteiger partial charge < -0.3 is 15.2 Å². The molecule has 0 bridgehead atoms. The van der Waals surface area contributed by atoms with Gasteiger partial charge in [0.15, 0.2) is 5.11 Å². The third-order valence-electron chi connectivity index (χ3n) is 4.67. The van der Waals surface area contributed by atoms with Crippen LogP contribution in [0.15, 0.2) is 48.5 Å². The molecule has 0 radical (unpaired) electrons. The Balaban J connectivity index is 1.37. The number of halogens is 1. The van der Waals surface area contributed by atoms with Gasteiger partial charge in [0, 0.05) is 24.7 Å². The Kier molecular flexibility index (Phi) is 4.36. The summed E-state index contributed by atoms with van der Waals surface area (Å²) in [4.78, 5) is 10.3. The number of aromatic amines is 1. The summed E-state index contributed by atoms with van der Waals surface area (Å²) in [6.45, 7) is 1.77. The number of thiocarbonyl (C=S) groups is 1. The molecule has 1 aliphatic heterocycles. The van der Waals surface area contributed by atoms with Gasteiger partial charge in [-0.2, -0.15) is 0 Å². The summed E-state index contributed by atoms with van der Waals surface area (Å²) in [6.07, 6.45) is 2.01. The van der Waals surface area contributed by atoms with Gasteiger partial charge in [-0.1, -0.05) is 12.1 Å². The summed E-state index contributed by atoms with van der Waals surface area (Å²) in [5.74, 6) is 1.25. The van der Waals surface area contributed by atoms with E-state index in [1.807, 2.05) is 18.2 Å². The van der Waals surface area contributed by atoms with Crippen molar-refractivity contribution in [3.63, 3.8) is 0 Å². The second-order valence-corrected chi connectivity index (χ2v) is 6.72. The molecule has 4 nitrogen and oxygen atoms in total. The number of hydrogen-bond donors (Lipinski definition) is 2. The molecule has 0 spiro atoms. The van der Waals surface area contributed by atoms with Crippen LogP contribution in [0.5, 0.6) is 0 Å². The number of piperidine rings is 1. The van der Waals surface area contributed by atoms with E-state index in [-0.39, 0.29) is 5.82 Å². The van der Waals surface area contributed by atoms with E-state index in [0.29, 0.717) is 11.0 Å². The standard InChI is InChI=1S/C19H19FN4S/c20-14-5-7-15(8-6-14)21-19(25)24-11-9-13(10-12-24)18-22-16-3-1-2-4-17(16)23-18/h1-8,13H,9-12H2,(H,21,25)(H,22,23). The highest BCUT2D eigenvalue weighted by atomic mass is 32.1. The van der Waals surface area contributed by atoms with E-state index in [1.54, 1.807) is 12.1 Å². The molecule has 25 heavy (non-hydrogen) atoms. The summed E-state index contributed by atoms with van der Waals surface area (Å²) < 4.78 is 13.0. The van der Waals surface area contributed by atoms with Gasteiger partial charge in [0.25, 0.3) is 0 Å². The van der Waals surface area contributed by atoms with E-state index in [2.05, 4.69) is 21.3 Å². The van der Waals surface area contributed by atoms with E-state index >= 15 is 0 Å². The molecular weight excluding hydrogens is 335 g/mol. The highest BCUT2D eigenvalue weighted by molar-refractivity contribution is 7.80. The minimum atomic E-state index is -0.247. The smallest absolute Gasteiger partial charge is 0.173 e. The molecule has 128 valence electrons. The summed E-state index contributed by atoms with van der Waals surface area (Å²) in [7, 11) is 0. The van der Waals surface area contributed by atoms with Crippen LogP contribution < -0.4 is 5.32 Å². The van der Waals surface area contributed by atoms with Crippen molar-refractivity contribution in [1.82, 2.24) is 14.9 Å². The Bertz CT molecular complexity index is 849. The van der Waals surface area contributed by atoms with Gasteiger partial charge in [-0.25, -0.2) is 9.37 Å². The van der Waals surface area contributed by atoms with Crippen LogP contribution in [0.2, 0.25) is 0 Å². The number of nitrogens with one attached hydrogen (secondary N) is 2. The number of fused-ring (bicyclic) bond motifs is 1. The van der Waals surface area contributed by atoms with Crippen molar-refractivity contribution in [1.29, 1.82) is 0 Å². The zero-order valence-electron chi connectivity index (χ0n) is 13.7. The minimum Gasteiger partial charge on any atom is -0.349 e. The van der Waals surface area contributed by atoms with Gasteiger partial charge in [0.05, 0.1) is 11.0 Å². The number of anilines is 1. The van der Waals surface area contributed by atoms with Gasteiger partial charge in [-0.05, 0) is 61.5 Å². The number of aromatic nitrogens is 2. The third-order valence-corrected chi connectivity index (χ3v) is 5.03. The van der Waals surface area contributed by atoms with E-state index in [0.717, 1.165) is 48.5 Å². The van der Waals surface area contributed by atoms with E-state index in [9.17, 15) is 4.39 Å².